The summed E-state index contributed by atoms with van der Waals surface area (Å²) in [5, 5.41) is 11.5. The molecule has 0 spiro atoms. The Morgan fingerprint density at radius 1 is 0.368 bits per heavy atom. The molecular formula is C52H32N4O. The highest BCUT2D eigenvalue weighted by molar-refractivity contribution is 6.16. The molecule has 0 aliphatic carbocycles. The Hall–Kier alpha value is -7.94. The topological polar surface area (TPSA) is 75.6 Å². The fourth-order valence-electron chi connectivity index (χ4n) is 7.58. The van der Waals surface area contributed by atoms with Gasteiger partial charge < -0.3 is 4.42 Å². The summed E-state index contributed by atoms with van der Waals surface area (Å²) in [7, 11) is 0. The van der Waals surface area contributed by atoms with Gasteiger partial charge in [-0.3, -0.25) is 0 Å². The molecule has 0 aliphatic heterocycles. The zero-order valence-corrected chi connectivity index (χ0v) is 30.7. The molecule has 0 atom stereocenters. The summed E-state index contributed by atoms with van der Waals surface area (Å²) in [4.78, 5) is 15.0. The maximum absolute atomic E-state index is 9.42. The number of nitriles is 1. The van der Waals surface area contributed by atoms with Crippen LogP contribution in [0.1, 0.15) is 5.56 Å². The largest absolute Gasteiger partial charge is 0.456 e. The molecule has 0 unspecified atom stereocenters. The van der Waals surface area contributed by atoms with Crippen LogP contribution in [0.5, 0.6) is 0 Å². The number of aromatic nitrogens is 3. The molecule has 8 aromatic carbocycles. The molecule has 10 rings (SSSR count). The lowest BCUT2D eigenvalue weighted by molar-refractivity contribution is 0.669. The number of furan rings is 1. The highest BCUT2D eigenvalue weighted by Gasteiger charge is 2.20. The highest BCUT2D eigenvalue weighted by Crippen LogP contribution is 2.44. The molecule has 2 heterocycles. The van der Waals surface area contributed by atoms with E-state index < -0.39 is 0 Å². The molecule has 57 heavy (non-hydrogen) atoms. The van der Waals surface area contributed by atoms with Crippen molar-refractivity contribution in [1.29, 1.82) is 5.26 Å². The highest BCUT2D eigenvalue weighted by atomic mass is 16.3. The molecule has 2 aromatic heterocycles. The molecule has 5 heteroatoms. The fourth-order valence-corrected chi connectivity index (χ4v) is 7.58. The summed E-state index contributed by atoms with van der Waals surface area (Å²) >= 11 is 0. The second-order valence-corrected chi connectivity index (χ2v) is 13.9. The minimum absolute atomic E-state index is 0.549. The average molecular weight is 729 g/mol. The third kappa shape index (κ3) is 6.42. The predicted molar refractivity (Wildman–Crippen MR) is 230 cm³/mol. The number of benzene rings is 8. The fraction of sp³-hybridized carbons (Fsp3) is 0. The van der Waals surface area contributed by atoms with Crippen LogP contribution in [0.3, 0.4) is 0 Å². The lowest BCUT2D eigenvalue weighted by Crippen LogP contribution is -2.00. The first-order valence-corrected chi connectivity index (χ1v) is 18.8. The molecule has 0 aliphatic rings. The second-order valence-electron chi connectivity index (χ2n) is 13.9. The van der Waals surface area contributed by atoms with Crippen LogP contribution in [0, 0.1) is 11.3 Å². The van der Waals surface area contributed by atoms with Gasteiger partial charge in [0.05, 0.1) is 11.6 Å². The van der Waals surface area contributed by atoms with Gasteiger partial charge in [-0.2, -0.15) is 5.26 Å². The van der Waals surface area contributed by atoms with Gasteiger partial charge in [-0.05, 0) is 75.3 Å². The molecule has 0 fully saturated rings. The van der Waals surface area contributed by atoms with Gasteiger partial charge in [0.1, 0.15) is 11.2 Å². The monoisotopic (exact) mass is 728 g/mol. The number of hydrogen-bond acceptors (Lipinski definition) is 5. The summed E-state index contributed by atoms with van der Waals surface area (Å²) in [5.74, 6) is 1.70. The Morgan fingerprint density at radius 2 is 0.877 bits per heavy atom. The molecule has 10 aromatic rings. The standard InChI is InChI=1S/C52H32N4O/c53-33-34-12-10-19-40(30-34)36-22-24-39(25-23-36)51-54-50(38-17-8-3-9-18-38)55-52(56-51)43-26-27-45-47(32-43)57-46-29-28-44(37-15-6-2-7-16-37)48(49(45)46)42-21-11-20-41(31-42)35-13-4-1-5-14-35/h1-32H. The Labute approximate surface area is 329 Å². The van der Waals surface area contributed by atoms with Gasteiger partial charge in [0.15, 0.2) is 17.5 Å². The molecule has 0 amide bonds. The smallest absolute Gasteiger partial charge is 0.164 e. The van der Waals surface area contributed by atoms with E-state index in [9.17, 15) is 5.26 Å². The number of fused-ring (bicyclic) bond motifs is 3. The minimum Gasteiger partial charge on any atom is -0.456 e. The van der Waals surface area contributed by atoms with E-state index >= 15 is 0 Å². The van der Waals surface area contributed by atoms with E-state index in [0.717, 1.165) is 77.6 Å². The zero-order valence-electron chi connectivity index (χ0n) is 30.7. The van der Waals surface area contributed by atoms with Crippen molar-refractivity contribution in [3.05, 3.63) is 200 Å². The Bertz CT molecular complexity index is 3110. The molecule has 0 saturated carbocycles. The lowest BCUT2D eigenvalue weighted by atomic mass is 9.89. The third-order valence-corrected chi connectivity index (χ3v) is 10.4. The van der Waals surface area contributed by atoms with Crippen molar-refractivity contribution in [3.8, 4) is 84.7 Å². The Morgan fingerprint density at radius 3 is 1.56 bits per heavy atom. The van der Waals surface area contributed by atoms with E-state index in [4.69, 9.17) is 19.4 Å². The van der Waals surface area contributed by atoms with Crippen LogP contribution in [0.25, 0.3) is 101 Å². The maximum Gasteiger partial charge on any atom is 0.164 e. The molecular weight excluding hydrogens is 697 g/mol. The van der Waals surface area contributed by atoms with Crippen molar-refractivity contribution < 1.29 is 4.42 Å². The summed E-state index contributed by atoms with van der Waals surface area (Å²) in [6.07, 6.45) is 0. The summed E-state index contributed by atoms with van der Waals surface area (Å²) < 4.78 is 6.69. The predicted octanol–water partition coefficient (Wildman–Crippen LogP) is 13.3. The molecule has 0 bridgehead atoms. The van der Waals surface area contributed by atoms with Gasteiger partial charge in [-0.25, -0.2) is 15.0 Å². The van der Waals surface area contributed by atoms with Gasteiger partial charge in [0, 0.05) is 33.0 Å². The second kappa shape index (κ2) is 14.4. The van der Waals surface area contributed by atoms with Crippen LogP contribution in [-0.4, -0.2) is 15.0 Å². The quantitative estimate of drug-likeness (QED) is 0.163. The van der Waals surface area contributed by atoms with Crippen LogP contribution in [0.15, 0.2) is 199 Å². The van der Waals surface area contributed by atoms with Gasteiger partial charge >= 0.3 is 0 Å². The molecule has 0 saturated heterocycles. The molecule has 266 valence electrons. The molecule has 5 nitrogen and oxygen atoms in total. The van der Waals surface area contributed by atoms with Gasteiger partial charge in [0.2, 0.25) is 0 Å². The van der Waals surface area contributed by atoms with Crippen molar-refractivity contribution in [2.75, 3.05) is 0 Å². The average Bonchev–Trinajstić information content (AvgIpc) is 3.67. The summed E-state index contributed by atoms with van der Waals surface area (Å²) in [5.41, 5.74) is 13.6. The Kier molecular flexibility index (Phi) is 8.48. The number of hydrogen-bond donors (Lipinski definition) is 0. The van der Waals surface area contributed by atoms with E-state index in [2.05, 4.69) is 103 Å². The van der Waals surface area contributed by atoms with Gasteiger partial charge in [-0.15, -0.1) is 0 Å². The van der Waals surface area contributed by atoms with Gasteiger partial charge in [-0.1, -0.05) is 158 Å². The lowest BCUT2D eigenvalue weighted by Gasteiger charge is -2.14. The van der Waals surface area contributed by atoms with E-state index in [1.165, 1.54) is 5.56 Å². The van der Waals surface area contributed by atoms with Crippen molar-refractivity contribution in [2.45, 2.75) is 0 Å². The number of nitrogens with zero attached hydrogens (tertiary/aromatic N) is 4. The van der Waals surface area contributed by atoms with Gasteiger partial charge in [0.25, 0.3) is 0 Å². The van der Waals surface area contributed by atoms with E-state index in [0.29, 0.717) is 23.0 Å². The maximum atomic E-state index is 9.42. The Balaban J connectivity index is 1.12. The van der Waals surface area contributed by atoms with Crippen molar-refractivity contribution in [3.63, 3.8) is 0 Å². The summed E-state index contributed by atoms with van der Waals surface area (Å²) in [6.45, 7) is 0. The van der Waals surface area contributed by atoms with Crippen molar-refractivity contribution >= 4 is 21.9 Å². The van der Waals surface area contributed by atoms with Crippen molar-refractivity contribution in [2.24, 2.45) is 0 Å². The van der Waals surface area contributed by atoms with Crippen LogP contribution in [0.4, 0.5) is 0 Å². The molecule has 0 radical (unpaired) electrons. The normalized spacial score (nSPS) is 11.1. The SMILES string of the molecule is N#Cc1cccc(-c2ccc(-c3nc(-c4ccccc4)nc(-c4ccc5c(c4)oc4ccc(-c6ccccc6)c(-c6cccc(-c7ccccc7)c6)c45)n3)cc2)c1. The van der Waals surface area contributed by atoms with Crippen LogP contribution < -0.4 is 0 Å². The van der Waals surface area contributed by atoms with E-state index in [1.54, 1.807) is 0 Å². The van der Waals surface area contributed by atoms with Crippen molar-refractivity contribution in [1.82, 2.24) is 15.0 Å². The number of rotatable bonds is 7. The van der Waals surface area contributed by atoms with Crippen LogP contribution in [0.2, 0.25) is 0 Å². The van der Waals surface area contributed by atoms with E-state index in [-0.39, 0.29) is 0 Å². The first-order chi connectivity index (χ1) is 28.2. The van der Waals surface area contributed by atoms with E-state index in [1.807, 2.05) is 97.1 Å². The zero-order chi connectivity index (χ0) is 38.1. The first kappa shape index (κ1) is 33.6. The first-order valence-electron chi connectivity index (χ1n) is 18.8. The minimum atomic E-state index is 0.549. The van der Waals surface area contributed by atoms with Crippen LogP contribution >= 0.6 is 0 Å². The summed E-state index contributed by atoms with van der Waals surface area (Å²) in [6, 6.07) is 68.2. The van der Waals surface area contributed by atoms with Crippen LogP contribution in [-0.2, 0) is 0 Å². The molecule has 0 N–H and O–H groups in total. The third-order valence-electron chi connectivity index (χ3n) is 10.4.